The van der Waals surface area contributed by atoms with Crippen LogP contribution in [0.5, 0.6) is 0 Å². The Balaban J connectivity index is 1.77. The molecule has 2 amide bonds. The predicted octanol–water partition coefficient (Wildman–Crippen LogP) is 2.44. The van der Waals surface area contributed by atoms with Gasteiger partial charge in [-0.05, 0) is 41.7 Å². The minimum atomic E-state index is -0.948. The third-order valence-corrected chi connectivity index (χ3v) is 5.55. The summed E-state index contributed by atoms with van der Waals surface area (Å²) >= 11 is 1.57. The topological polar surface area (TPSA) is 60.9 Å². The van der Waals surface area contributed by atoms with E-state index in [0.717, 1.165) is 29.8 Å². The molecule has 1 aliphatic heterocycles. The number of rotatable bonds is 3. The van der Waals surface area contributed by atoms with E-state index in [1.807, 2.05) is 11.4 Å². The number of carboxylic acids is 1. The largest absolute Gasteiger partial charge is 0.479 e. The number of carbonyl (C=O) groups is 2. The van der Waals surface area contributed by atoms with Crippen LogP contribution in [0.3, 0.4) is 0 Å². The van der Waals surface area contributed by atoms with Gasteiger partial charge in [-0.1, -0.05) is 6.92 Å². The first-order valence-corrected chi connectivity index (χ1v) is 8.17. The molecule has 0 bridgehead atoms. The summed E-state index contributed by atoms with van der Waals surface area (Å²) in [6.07, 6.45) is 1.91. The Morgan fingerprint density at radius 3 is 2.86 bits per heavy atom. The van der Waals surface area contributed by atoms with Gasteiger partial charge in [-0.3, -0.25) is 0 Å². The molecule has 0 saturated heterocycles. The first-order chi connectivity index (χ1) is 9.99. The van der Waals surface area contributed by atoms with Crippen molar-refractivity contribution in [2.75, 3.05) is 20.1 Å². The third-order valence-electron chi connectivity index (χ3n) is 4.56. The summed E-state index contributed by atoms with van der Waals surface area (Å²) in [7, 11) is 1.77. The summed E-state index contributed by atoms with van der Waals surface area (Å²) in [5.41, 5.74) is 0.778. The lowest BCUT2D eigenvalue weighted by molar-refractivity contribution is -0.143. The second-order valence-corrected chi connectivity index (χ2v) is 7.12. The summed E-state index contributed by atoms with van der Waals surface area (Å²) in [6, 6.07) is 0.825. The molecule has 3 atom stereocenters. The van der Waals surface area contributed by atoms with Crippen molar-refractivity contribution in [1.82, 2.24) is 9.80 Å². The van der Waals surface area contributed by atoms with Crippen molar-refractivity contribution in [1.29, 1.82) is 0 Å². The molecule has 2 heterocycles. The normalized spacial score (nSPS) is 27.1. The molecule has 3 rings (SSSR count). The Morgan fingerprint density at radius 1 is 1.52 bits per heavy atom. The molecule has 1 aromatic heterocycles. The van der Waals surface area contributed by atoms with E-state index >= 15 is 0 Å². The van der Waals surface area contributed by atoms with Gasteiger partial charge in [0.1, 0.15) is 0 Å². The molecular formula is C15H20N2O3S. The van der Waals surface area contributed by atoms with Crippen molar-refractivity contribution >= 4 is 23.3 Å². The van der Waals surface area contributed by atoms with Crippen LogP contribution in [0.1, 0.15) is 29.8 Å². The molecule has 0 spiro atoms. The fourth-order valence-electron chi connectivity index (χ4n) is 3.09. The lowest BCUT2D eigenvalue weighted by atomic mass is 10.0. The van der Waals surface area contributed by atoms with Crippen molar-refractivity contribution in [3.63, 3.8) is 0 Å². The van der Waals surface area contributed by atoms with Crippen molar-refractivity contribution in [2.24, 2.45) is 11.8 Å². The van der Waals surface area contributed by atoms with Crippen LogP contribution >= 0.6 is 11.3 Å². The molecular weight excluding hydrogens is 288 g/mol. The van der Waals surface area contributed by atoms with E-state index in [0.29, 0.717) is 18.4 Å². The average Bonchev–Trinajstić information content (AvgIpc) is 2.95. The van der Waals surface area contributed by atoms with Gasteiger partial charge in [0.05, 0.1) is 0 Å². The second kappa shape index (κ2) is 5.33. The zero-order chi connectivity index (χ0) is 15.1. The van der Waals surface area contributed by atoms with E-state index in [1.54, 1.807) is 23.3 Å². The molecule has 114 valence electrons. The summed E-state index contributed by atoms with van der Waals surface area (Å²) in [5, 5.41) is 11.4. The average molecular weight is 308 g/mol. The number of nitrogens with zero attached hydrogens (tertiary/aromatic N) is 2. The van der Waals surface area contributed by atoms with Crippen molar-refractivity contribution in [3.8, 4) is 0 Å². The third kappa shape index (κ3) is 2.64. The Labute approximate surface area is 128 Å². The van der Waals surface area contributed by atoms with Gasteiger partial charge in [-0.25, -0.2) is 9.59 Å². The highest BCUT2D eigenvalue weighted by Crippen LogP contribution is 2.39. The molecule has 1 fully saturated rings. The molecule has 21 heavy (non-hydrogen) atoms. The van der Waals surface area contributed by atoms with Crippen LogP contribution in [0.4, 0.5) is 4.79 Å². The van der Waals surface area contributed by atoms with Gasteiger partial charge >= 0.3 is 12.0 Å². The van der Waals surface area contributed by atoms with Crippen LogP contribution in [0.2, 0.25) is 0 Å². The number of hydrogen-bond donors (Lipinski definition) is 1. The molecule has 1 aromatic rings. The lowest BCUT2D eigenvalue weighted by Gasteiger charge is -2.36. The Hall–Kier alpha value is -1.56. The zero-order valence-corrected chi connectivity index (χ0v) is 13.1. The zero-order valence-electron chi connectivity index (χ0n) is 12.3. The summed E-state index contributed by atoms with van der Waals surface area (Å²) < 4.78 is 0. The first kappa shape index (κ1) is 14.4. The predicted molar refractivity (Wildman–Crippen MR) is 80.4 cm³/mol. The number of thiophene rings is 1. The Morgan fingerprint density at radius 2 is 2.24 bits per heavy atom. The molecule has 1 aliphatic carbocycles. The van der Waals surface area contributed by atoms with Crippen LogP contribution in [-0.4, -0.2) is 47.0 Å². The number of carboxylic acid groups (broad SMARTS) is 1. The van der Waals surface area contributed by atoms with Crippen LogP contribution in [0, 0.1) is 11.8 Å². The standard InChI is InChI=1S/C15H20N2O3S/c1-9-7-10(9)8-16(2)15(20)17-5-3-12-11(4-6-21-12)13(17)14(18)19/h4,6,9-10,13H,3,5,7-8H2,1-2H3,(H,18,19). The molecule has 2 aliphatic rings. The molecule has 1 saturated carbocycles. The fraction of sp³-hybridized carbons (Fsp3) is 0.600. The minimum absolute atomic E-state index is 0.168. The maximum atomic E-state index is 12.6. The van der Waals surface area contributed by atoms with Crippen molar-refractivity contribution < 1.29 is 14.7 Å². The van der Waals surface area contributed by atoms with Gasteiger partial charge in [-0.15, -0.1) is 11.3 Å². The number of aliphatic carboxylic acids is 1. The van der Waals surface area contributed by atoms with Crippen LogP contribution in [-0.2, 0) is 11.2 Å². The van der Waals surface area contributed by atoms with E-state index < -0.39 is 12.0 Å². The van der Waals surface area contributed by atoms with Gasteiger partial charge in [0.25, 0.3) is 0 Å². The van der Waals surface area contributed by atoms with E-state index in [2.05, 4.69) is 6.92 Å². The van der Waals surface area contributed by atoms with Crippen LogP contribution < -0.4 is 0 Å². The maximum Gasteiger partial charge on any atom is 0.331 e. The summed E-state index contributed by atoms with van der Waals surface area (Å²) in [5.74, 6) is 0.306. The Bertz CT molecular complexity index is 571. The number of urea groups is 1. The highest BCUT2D eigenvalue weighted by Gasteiger charge is 2.40. The highest BCUT2D eigenvalue weighted by molar-refractivity contribution is 7.10. The quantitative estimate of drug-likeness (QED) is 0.933. The molecule has 0 aromatic carbocycles. The highest BCUT2D eigenvalue weighted by atomic mass is 32.1. The molecule has 1 N–H and O–H groups in total. The van der Waals surface area contributed by atoms with E-state index in [9.17, 15) is 14.7 Å². The minimum Gasteiger partial charge on any atom is -0.479 e. The van der Waals surface area contributed by atoms with Crippen LogP contribution in [0.25, 0.3) is 0 Å². The maximum absolute atomic E-state index is 12.6. The van der Waals surface area contributed by atoms with Gasteiger partial charge in [-0.2, -0.15) is 0 Å². The number of hydrogen-bond acceptors (Lipinski definition) is 3. The molecule has 3 unspecified atom stereocenters. The molecule has 6 heteroatoms. The fourth-order valence-corrected chi connectivity index (χ4v) is 4.00. The SMILES string of the molecule is CC1CC1CN(C)C(=O)N1CCc2sccc2C1C(=O)O. The number of carbonyl (C=O) groups excluding carboxylic acids is 1. The second-order valence-electron chi connectivity index (χ2n) is 6.12. The molecule has 0 radical (unpaired) electrons. The first-order valence-electron chi connectivity index (χ1n) is 7.30. The summed E-state index contributed by atoms with van der Waals surface area (Å²) in [6.45, 7) is 3.38. The summed E-state index contributed by atoms with van der Waals surface area (Å²) in [4.78, 5) is 28.5. The van der Waals surface area contributed by atoms with E-state index in [4.69, 9.17) is 0 Å². The molecule has 5 nitrogen and oxygen atoms in total. The smallest absolute Gasteiger partial charge is 0.331 e. The van der Waals surface area contributed by atoms with E-state index in [1.165, 1.54) is 4.90 Å². The Kier molecular flexibility index (Phi) is 3.65. The van der Waals surface area contributed by atoms with Gasteiger partial charge in [0.15, 0.2) is 6.04 Å². The monoisotopic (exact) mass is 308 g/mol. The van der Waals surface area contributed by atoms with Crippen molar-refractivity contribution in [2.45, 2.75) is 25.8 Å². The van der Waals surface area contributed by atoms with Crippen molar-refractivity contribution in [3.05, 3.63) is 21.9 Å². The lowest BCUT2D eigenvalue weighted by Crippen LogP contribution is -2.48. The number of fused-ring (bicyclic) bond motifs is 1. The van der Waals surface area contributed by atoms with Gasteiger partial charge < -0.3 is 14.9 Å². The van der Waals surface area contributed by atoms with Gasteiger partial charge in [0, 0.05) is 25.0 Å². The number of amides is 2. The van der Waals surface area contributed by atoms with Gasteiger partial charge in [0.2, 0.25) is 0 Å². The van der Waals surface area contributed by atoms with E-state index in [-0.39, 0.29) is 6.03 Å². The van der Waals surface area contributed by atoms with Crippen LogP contribution in [0.15, 0.2) is 11.4 Å².